The largest absolute Gasteiger partial charge is 0.494 e. The Morgan fingerprint density at radius 3 is 2.11 bits per heavy atom. The van der Waals surface area contributed by atoms with Gasteiger partial charge in [0, 0.05) is 23.0 Å². The van der Waals surface area contributed by atoms with Crippen LogP contribution in [0.15, 0.2) is 48.5 Å². The first-order chi connectivity index (χ1) is 13.0. The van der Waals surface area contributed by atoms with Crippen LogP contribution >= 0.6 is 0 Å². The minimum absolute atomic E-state index is 0.00538. The number of rotatable bonds is 7. The van der Waals surface area contributed by atoms with Crippen molar-refractivity contribution in [3.63, 3.8) is 0 Å². The van der Waals surface area contributed by atoms with E-state index < -0.39 is 0 Å². The van der Waals surface area contributed by atoms with Crippen molar-refractivity contribution in [2.75, 3.05) is 6.61 Å². The van der Waals surface area contributed by atoms with E-state index in [1.165, 1.54) is 5.56 Å². The molecule has 1 unspecified atom stereocenters. The Labute approximate surface area is 163 Å². The van der Waals surface area contributed by atoms with Gasteiger partial charge in [0.05, 0.1) is 6.61 Å². The first-order valence-electron chi connectivity index (χ1n) is 9.85. The zero-order valence-electron chi connectivity index (χ0n) is 16.5. The second kappa shape index (κ2) is 8.44. The van der Waals surface area contributed by atoms with Crippen LogP contribution in [0.2, 0.25) is 0 Å². The smallest absolute Gasteiger partial charge is 0.139 e. The molecule has 140 valence electrons. The standard InChI is InChI=1S/C25H28O2/c1-4-27-23-13-11-21(12-14-23)6-5-20-7-9-22(10-8-20)17-19(2)18-24(26)25(3)15-16-25/h7-14,19H,4,15-18H2,1-3H3. The van der Waals surface area contributed by atoms with Crippen molar-refractivity contribution in [2.45, 2.75) is 46.5 Å². The molecule has 0 amide bonds. The Morgan fingerprint density at radius 1 is 1.04 bits per heavy atom. The predicted molar refractivity (Wildman–Crippen MR) is 110 cm³/mol. The SMILES string of the molecule is CCOc1ccc(C#Cc2ccc(CC(C)CC(=O)C3(C)CC3)cc2)cc1. The van der Waals surface area contributed by atoms with E-state index in [0.29, 0.717) is 24.7 Å². The van der Waals surface area contributed by atoms with Crippen molar-refractivity contribution in [1.82, 2.24) is 0 Å². The molecule has 1 aliphatic rings. The number of hydrogen-bond donors (Lipinski definition) is 0. The summed E-state index contributed by atoms with van der Waals surface area (Å²) in [4.78, 5) is 12.2. The second-order valence-corrected chi connectivity index (χ2v) is 7.90. The van der Waals surface area contributed by atoms with Gasteiger partial charge in [-0.1, -0.05) is 37.8 Å². The summed E-state index contributed by atoms with van der Waals surface area (Å²) in [5.41, 5.74) is 3.24. The van der Waals surface area contributed by atoms with Crippen LogP contribution in [0.1, 0.15) is 56.7 Å². The predicted octanol–water partition coefficient (Wildman–Crippen LogP) is 5.42. The maximum absolute atomic E-state index is 12.2. The molecule has 0 aromatic heterocycles. The number of ketones is 1. The molecular formula is C25H28O2. The zero-order chi connectivity index (χ0) is 19.3. The van der Waals surface area contributed by atoms with Crippen molar-refractivity contribution < 1.29 is 9.53 Å². The quantitative estimate of drug-likeness (QED) is 0.616. The molecular weight excluding hydrogens is 332 g/mol. The Bertz CT molecular complexity index is 831. The lowest BCUT2D eigenvalue weighted by molar-refractivity contribution is -0.124. The topological polar surface area (TPSA) is 26.3 Å². The molecule has 2 nitrogen and oxygen atoms in total. The van der Waals surface area contributed by atoms with Gasteiger partial charge in [-0.05, 0) is 74.1 Å². The number of carbonyl (C=O) groups is 1. The molecule has 1 fully saturated rings. The lowest BCUT2D eigenvalue weighted by atomic mass is 9.90. The zero-order valence-corrected chi connectivity index (χ0v) is 16.5. The number of ether oxygens (including phenoxy) is 1. The molecule has 1 saturated carbocycles. The summed E-state index contributed by atoms with van der Waals surface area (Å²) >= 11 is 0. The van der Waals surface area contributed by atoms with Gasteiger partial charge in [-0.2, -0.15) is 0 Å². The molecule has 1 atom stereocenters. The molecule has 1 aliphatic carbocycles. The number of carbonyl (C=O) groups excluding carboxylic acids is 1. The van der Waals surface area contributed by atoms with Crippen LogP contribution in [0.25, 0.3) is 0 Å². The molecule has 0 aliphatic heterocycles. The summed E-state index contributed by atoms with van der Waals surface area (Å²) in [5.74, 6) is 8.09. The highest BCUT2D eigenvalue weighted by Gasteiger charge is 2.44. The van der Waals surface area contributed by atoms with E-state index >= 15 is 0 Å². The molecule has 0 saturated heterocycles. The summed E-state index contributed by atoms with van der Waals surface area (Å²) in [6.45, 7) is 6.91. The molecule has 0 heterocycles. The van der Waals surface area contributed by atoms with Crippen molar-refractivity contribution in [3.05, 3.63) is 65.2 Å². The first kappa shape index (κ1) is 19.2. The van der Waals surface area contributed by atoms with E-state index in [9.17, 15) is 4.79 Å². The summed E-state index contributed by atoms with van der Waals surface area (Å²) in [6.07, 6.45) is 3.77. The number of hydrogen-bond acceptors (Lipinski definition) is 2. The fourth-order valence-corrected chi connectivity index (χ4v) is 3.17. The minimum atomic E-state index is -0.00538. The molecule has 2 aromatic carbocycles. The normalized spacial score (nSPS) is 15.4. The van der Waals surface area contributed by atoms with E-state index in [2.05, 4.69) is 50.0 Å². The highest BCUT2D eigenvalue weighted by molar-refractivity contribution is 5.87. The third-order valence-corrected chi connectivity index (χ3v) is 5.26. The van der Waals surface area contributed by atoms with E-state index in [4.69, 9.17) is 4.74 Å². The minimum Gasteiger partial charge on any atom is -0.494 e. The van der Waals surface area contributed by atoms with E-state index in [0.717, 1.165) is 36.1 Å². The molecule has 27 heavy (non-hydrogen) atoms. The summed E-state index contributed by atoms with van der Waals surface area (Å²) in [5, 5.41) is 0. The monoisotopic (exact) mass is 360 g/mol. The molecule has 2 heteroatoms. The highest BCUT2D eigenvalue weighted by atomic mass is 16.5. The van der Waals surface area contributed by atoms with Crippen molar-refractivity contribution in [1.29, 1.82) is 0 Å². The van der Waals surface area contributed by atoms with Crippen molar-refractivity contribution >= 4 is 5.78 Å². The summed E-state index contributed by atoms with van der Waals surface area (Å²) < 4.78 is 5.45. The van der Waals surface area contributed by atoms with Gasteiger partial charge in [0.15, 0.2) is 0 Å². The van der Waals surface area contributed by atoms with Crippen molar-refractivity contribution in [3.8, 4) is 17.6 Å². The van der Waals surface area contributed by atoms with Crippen molar-refractivity contribution in [2.24, 2.45) is 11.3 Å². The Kier molecular flexibility index (Phi) is 6.01. The van der Waals surface area contributed by atoms with Crippen LogP contribution in [0, 0.1) is 23.2 Å². The van der Waals surface area contributed by atoms with Crippen LogP contribution < -0.4 is 4.74 Å². The molecule has 0 radical (unpaired) electrons. The van der Waals surface area contributed by atoms with E-state index in [1.54, 1.807) is 0 Å². The maximum Gasteiger partial charge on any atom is 0.139 e. The van der Waals surface area contributed by atoms with Crippen LogP contribution in [-0.4, -0.2) is 12.4 Å². The van der Waals surface area contributed by atoms with Crippen LogP contribution in [0.3, 0.4) is 0 Å². The van der Waals surface area contributed by atoms with Crippen LogP contribution in [-0.2, 0) is 11.2 Å². The number of benzene rings is 2. The lowest BCUT2D eigenvalue weighted by Gasteiger charge is -2.13. The number of Topliss-reactive ketones (excluding diaryl/α,β-unsaturated/α-hetero) is 1. The van der Waals surface area contributed by atoms with Gasteiger partial charge >= 0.3 is 0 Å². The fourth-order valence-electron chi connectivity index (χ4n) is 3.17. The Hall–Kier alpha value is -2.53. The van der Waals surface area contributed by atoms with Gasteiger partial charge in [-0.3, -0.25) is 4.79 Å². The molecule has 2 aromatic rings. The summed E-state index contributed by atoms with van der Waals surface area (Å²) in [6, 6.07) is 16.2. The Morgan fingerprint density at radius 2 is 1.59 bits per heavy atom. The van der Waals surface area contributed by atoms with E-state index in [-0.39, 0.29) is 5.41 Å². The fraction of sp³-hybridized carbons (Fsp3) is 0.400. The van der Waals surface area contributed by atoms with Gasteiger partial charge in [0.25, 0.3) is 0 Å². The third-order valence-electron chi connectivity index (χ3n) is 5.26. The third kappa shape index (κ3) is 5.47. The molecule has 3 rings (SSSR count). The Balaban J connectivity index is 1.55. The van der Waals surface area contributed by atoms with Gasteiger partial charge in [0.2, 0.25) is 0 Å². The second-order valence-electron chi connectivity index (χ2n) is 7.90. The molecule has 0 bridgehead atoms. The molecule has 0 spiro atoms. The van der Waals surface area contributed by atoms with Crippen LogP contribution in [0.5, 0.6) is 5.75 Å². The molecule has 0 N–H and O–H groups in total. The first-order valence-corrected chi connectivity index (χ1v) is 9.85. The maximum atomic E-state index is 12.2. The highest BCUT2D eigenvalue weighted by Crippen LogP contribution is 2.47. The average molecular weight is 360 g/mol. The van der Waals surface area contributed by atoms with Gasteiger partial charge < -0.3 is 4.74 Å². The lowest BCUT2D eigenvalue weighted by Crippen LogP contribution is -2.16. The van der Waals surface area contributed by atoms with Gasteiger partial charge in [0.1, 0.15) is 11.5 Å². The van der Waals surface area contributed by atoms with Gasteiger partial charge in [-0.25, -0.2) is 0 Å². The van der Waals surface area contributed by atoms with Crippen LogP contribution in [0.4, 0.5) is 0 Å². The van der Waals surface area contributed by atoms with E-state index in [1.807, 2.05) is 31.2 Å². The average Bonchev–Trinajstić information content (AvgIpc) is 3.41. The summed E-state index contributed by atoms with van der Waals surface area (Å²) in [7, 11) is 0. The van der Waals surface area contributed by atoms with Gasteiger partial charge in [-0.15, -0.1) is 0 Å².